The molecule has 1 aliphatic carbocycles. The standard InChI is InChI=1S/C15H17N.C8H14O2/c1-5-6-7-8-13(4)15-11-14(12(2)3)9-10-16-15;1-6-4-3-5-7(6)8(9)10-2/h5-11H,2,4H2,1,3H3;6-7H,3-5H2,1-2H3/b6-5-,8-7-;. The summed E-state index contributed by atoms with van der Waals surface area (Å²) in [6.45, 7) is 14.0. The van der Waals surface area contributed by atoms with Crippen LogP contribution in [0.4, 0.5) is 0 Å². The Morgan fingerprint density at radius 2 is 2.04 bits per heavy atom. The van der Waals surface area contributed by atoms with Crippen molar-refractivity contribution < 1.29 is 9.53 Å². The van der Waals surface area contributed by atoms with Crippen molar-refractivity contribution in [3.05, 3.63) is 67.0 Å². The number of allylic oxidation sites excluding steroid dienone is 6. The van der Waals surface area contributed by atoms with Gasteiger partial charge in [0.25, 0.3) is 0 Å². The summed E-state index contributed by atoms with van der Waals surface area (Å²) in [6, 6.07) is 3.96. The van der Waals surface area contributed by atoms with Gasteiger partial charge in [0.2, 0.25) is 0 Å². The lowest BCUT2D eigenvalue weighted by atomic mass is 9.99. The molecule has 3 nitrogen and oxygen atoms in total. The molecule has 2 atom stereocenters. The van der Waals surface area contributed by atoms with Gasteiger partial charge in [0.1, 0.15) is 0 Å². The van der Waals surface area contributed by atoms with Gasteiger partial charge >= 0.3 is 5.97 Å². The van der Waals surface area contributed by atoms with E-state index in [-0.39, 0.29) is 11.9 Å². The van der Waals surface area contributed by atoms with Gasteiger partial charge in [-0.2, -0.15) is 0 Å². The quantitative estimate of drug-likeness (QED) is 0.492. The highest BCUT2D eigenvalue weighted by Crippen LogP contribution is 2.31. The van der Waals surface area contributed by atoms with Crippen LogP contribution in [-0.4, -0.2) is 18.1 Å². The molecule has 1 aromatic heterocycles. The predicted octanol–water partition coefficient (Wildman–Crippen LogP) is 5.86. The highest BCUT2D eigenvalue weighted by molar-refractivity contribution is 5.73. The monoisotopic (exact) mass is 353 g/mol. The third-order valence-electron chi connectivity index (χ3n) is 4.55. The molecule has 1 aromatic rings. The van der Waals surface area contributed by atoms with E-state index in [1.54, 1.807) is 6.20 Å². The summed E-state index contributed by atoms with van der Waals surface area (Å²) in [6.07, 6.45) is 13.0. The molecule has 2 rings (SSSR count). The first-order valence-electron chi connectivity index (χ1n) is 9.09. The fraction of sp³-hybridized carbons (Fsp3) is 0.391. The summed E-state index contributed by atoms with van der Waals surface area (Å²) in [5.41, 5.74) is 3.93. The molecule has 0 N–H and O–H groups in total. The normalized spacial score (nSPS) is 19.2. The molecule has 0 aromatic carbocycles. The first kappa shape index (κ1) is 21.6. The Kier molecular flexibility index (Phi) is 9.35. The number of esters is 1. The second-order valence-electron chi connectivity index (χ2n) is 6.66. The molecular formula is C23H31NO2. The minimum absolute atomic E-state index is 0.0231. The number of carbonyl (C=O) groups is 1. The van der Waals surface area contributed by atoms with Gasteiger partial charge in [0, 0.05) is 6.20 Å². The van der Waals surface area contributed by atoms with E-state index in [1.165, 1.54) is 20.0 Å². The lowest BCUT2D eigenvalue weighted by Gasteiger charge is -2.11. The fourth-order valence-corrected chi connectivity index (χ4v) is 2.89. The molecule has 0 saturated heterocycles. The highest BCUT2D eigenvalue weighted by Gasteiger charge is 2.30. The number of pyridine rings is 1. The molecule has 140 valence electrons. The average molecular weight is 354 g/mol. The lowest BCUT2D eigenvalue weighted by Crippen LogP contribution is -2.17. The second-order valence-corrected chi connectivity index (χ2v) is 6.66. The van der Waals surface area contributed by atoms with Gasteiger partial charge in [0.15, 0.2) is 0 Å². The van der Waals surface area contributed by atoms with E-state index >= 15 is 0 Å². The van der Waals surface area contributed by atoms with Crippen LogP contribution in [0.2, 0.25) is 0 Å². The first-order valence-corrected chi connectivity index (χ1v) is 9.09. The molecule has 1 saturated carbocycles. The molecule has 1 heterocycles. The van der Waals surface area contributed by atoms with Crippen molar-refractivity contribution in [3.63, 3.8) is 0 Å². The minimum atomic E-state index is -0.0231. The molecule has 0 spiro atoms. The molecule has 2 unspecified atom stereocenters. The molecule has 26 heavy (non-hydrogen) atoms. The molecule has 1 fully saturated rings. The van der Waals surface area contributed by atoms with Crippen LogP contribution in [-0.2, 0) is 9.53 Å². The number of hydrogen-bond donors (Lipinski definition) is 0. The Balaban J connectivity index is 0.000000289. The number of methoxy groups -OCH3 is 1. The molecule has 0 radical (unpaired) electrons. The number of aromatic nitrogens is 1. The van der Waals surface area contributed by atoms with E-state index < -0.39 is 0 Å². The molecule has 0 aliphatic heterocycles. The van der Waals surface area contributed by atoms with Gasteiger partial charge < -0.3 is 4.74 Å². The van der Waals surface area contributed by atoms with Crippen molar-refractivity contribution >= 4 is 17.1 Å². The highest BCUT2D eigenvalue weighted by atomic mass is 16.5. The van der Waals surface area contributed by atoms with E-state index in [2.05, 4.69) is 29.8 Å². The SMILES string of the molecule is C=C(C)c1ccnc(C(=C)/C=C\C=C/C)c1.COC(=O)C1CCCC1C. The number of ether oxygens (including phenoxy) is 1. The molecule has 0 bridgehead atoms. The van der Waals surface area contributed by atoms with Crippen molar-refractivity contribution in [2.24, 2.45) is 11.8 Å². The molecular weight excluding hydrogens is 322 g/mol. The number of hydrogen-bond acceptors (Lipinski definition) is 3. The Hall–Kier alpha value is -2.42. The Morgan fingerprint density at radius 1 is 1.31 bits per heavy atom. The summed E-state index contributed by atoms with van der Waals surface area (Å²) in [5.74, 6) is 0.697. The summed E-state index contributed by atoms with van der Waals surface area (Å²) >= 11 is 0. The molecule has 0 amide bonds. The van der Waals surface area contributed by atoms with E-state index in [9.17, 15) is 4.79 Å². The topological polar surface area (TPSA) is 39.2 Å². The van der Waals surface area contributed by atoms with Crippen LogP contribution in [0.15, 0.2) is 55.8 Å². The Morgan fingerprint density at radius 3 is 2.58 bits per heavy atom. The van der Waals surface area contributed by atoms with Gasteiger partial charge in [-0.05, 0) is 55.9 Å². The average Bonchev–Trinajstić information content (AvgIpc) is 3.07. The maximum Gasteiger partial charge on any atom is 0.308 e. The zero-order valence-corrected chi connectivity index (χ0v) is 16.5. The minimum Gasteiger partial charge on any atom is -0.469 e. The van der Waals surface area contributed by atoms with Crippen molar-refractivity contribution in [2.45, 2.75) is 40.0 Å². The van der Waals surface area contributed by atoms with E-state index in [0.29, 0.717) is 5.92 Å². The van der Waals surface area contributed by atoms with Crippen molar-refractivity contribution in [1.29, 1.82) is 0 Å². The van der Waals surface area contributed by atoms with Crippen LogP contribution >= 0.6 is 0 Å². The Bertz CT molecular complexity index is 685. The number of rotatable bonds is 5. The van der Waals surface area contributed by atoms with E-state index in [1.807, 2.05) is 50.3 Å². The van der Waals surface area contributed by atoms with Gasteiger partial charge in [-0.25, -0.2) is 0 Å². The van der Waals surface area contributed by atoms with Crippen LogP contribution in [0.3, 0.4) is 0 Å². The van der Waals surface area contributed by atoms with Gasteiger partial charge in [0.05, 0.1) is 18.7 Å². The Labute approximate surface area is 158 Å². The van der Waals surface area contributed by atoms with Crippen molar-refractivity contribution in [1.82, 2.24) is 4.98 Å². The summed E-state index contributed by atoms with van der Waals surface area (Å²) in [7, 11) is 1.47. The van der Waals surface area contributed by atoms with Crippen molar-refractivity contribution in [3.8, 4) is 0 Å². The number of carbonyl (C=O) groups excluding carboxylic acids is 1. The van der Waals surface area contributed by atoms with Gasteiger partial charge in [-0.1, -0.05) is 56.4 Å². The van der Waals surface area contributed by atoms with Crippen LogP contribution in [0.25, 0.3) is 11.1 Å². The van der Waals surface area contributed by atoms with Crippen LogP contribution in [0, 0.1) is 11.8 Å². The molecule has 3 heteroatoms. The van der Waals surface area contributed by atoms with E-state index in [0.717, 1.165) is 28.8 Å². The van der Waals surface area contributed by atoms with Gasteiger partial charge in [-0.3, -0.25) is 9.78 Å². The van der Waals surface area contributed by atoms with E-state index in [4.69, 9.17) is 0 Å². The summed E-state index contributed by atoms with van der Waals surface area (Å²) < 4.78 is 4.67. The maximum atomic E-state index is 11.0. The van der Waals surface area contributed by atoms with Crippen LogP contribution in [0.5, 0.6) is 0 Å². The van der Waals surface area contributed by atoms with Crippen molar-refractivity contribution in [2.75, 3.05) is 7.11 Å². The van der Waals surface area contributed by atoms with Crippen LogP contribution < -0.4 is 0 Å². The smallest absolute Gasteiger partial charge is 0.308 e. The number of nitrogens with zero attached hydrogens (tertiary/aromatic N) is 1. The maximum absolute atomic E-state index is 11.0. The molecule has 1 aliphatic rings. The predicted molar refractivity (Wildman–Crippen MR) is 110 cm³/mol. The zero-order valence-electron chi connectivity index (χ0n) is 16.5. The van der Waals surface area contributed by atoms with Crippen LogP contribution in [0.1, 0.15) is 51.3 Å². The lowest BCUT2D eigenvalue weighted by molar-refractivity contribution is -0.146. The fourth-order valence-electron chi connectivity index (χ4n) is 2.89. The zero-order chi connectivity index (χ0) is 19.5. The summed E-state index contributed by atoms with van der Waals surface area (Å²) in [4.78, 5) is 15.3. The third kappa shape index (κ3) is 6.83. The first-order chi connectivity index (χ1) is 12.4. The largest absolute Gasteiger partial charge is 0.469 e. The third-order valence-corrected chi connectivity index (χ3v) is 4.55. The summed E-state index contributed by atoms with van der Waals surface area (Å²) in [5, 5.41) is 0. The second kappa shape index (κ2) is 11.2. The van der Waals surface area contributed by atoms with Gasteiger partial charge in [-0.15, -0.1) is 0 Å².